The molecule has 2 aliphatic rings. The van der Waals surface area contributed by atoms with Crippen LogP contribution < -0.4 is 0 Å². The molecule has 0 radical (unpaired) electrons. The molecule has 2 fully saturated rings. The molecule has 1 aliphatic heterocycles. The summed E-state index contributed by atoms with van der Waals surface area (Å²) in [6.45, 7) is 1.09. The van der Waals surface area contributed by atoms with Crippen LogP contribution in [0.4, 0.5) is 0 Å². The first-order valence-corrected chi connectivity index (χ1v) is 7.70. The predicted molar refractivity (Wildman–Crippen MR) is 69.3 cm³/mol. The van der Waals surface area contributed by atoms with E-state index < -0.39 is 5.60 Å². The predicted octanol–water partition coefficient (Wildman–Crippen LogP) is 1.82. The fourth-order valence-corrected chi connectivity index (χ4v) is 3.93. The molecule has 5 heteroatoms. The molecule has 1 amide bonds. The Morgan fingerprint density at radius 3 is 2.94 bits per heavy atom. The number of aliphatic hydroxyl groups is 1. The van der Waals surface area contributed by atoms with Crippen molar-refractivity contribution in [3.63, 3.8) is 0 Å². The maximum atomic E-state index is 11.8. The Morgan fingerprint density at radius 1 is 1.59 bits per heavy atom. The van der Waals surface area contributed by atoms with Crippen molar-refractivity contribution in [3.8, 4) is 0 Å². The third kappa shape index (κ3) is 2.37. The lowest BCUT2D eigenvalue weighted by molar-refractivity contribution is -0.156. The van der Waals surface area contributed by atoms with E-state index in [0.717, 1.165) is 12.8 Å². The Kier molecular flexibility index (Phi) is 2.92. The second-order valence-corrected chi connectivity index (χ2v) is 7.07. The van der Waals surface area contributed by atoms with Gasteiger partial charge in [0.15, 0.2) is 0 Å². The van der Waals surface area contributed by atoms with Gasteiger partial charge in [-0.1, -0.05) is 6.07 Å². The molecule has 1 aromatic rings. The van der Waals surface area contributed by atoms with Crippen molar-refractivity contribution in [1.82, 2.24) is 4.90 Å². The van der Waals surface area contributed by atoms with Gasteiger partial charge in [-0.2, -0.15) is 0 Å². The lowest BCUT2D eigenvalue weighted by Gasteiger charge is -2.47. The van der Waals surface area contributed by atoms with E-state index in [1.54, 1.807) is 28.0 Å². The largest absolute Gasteiger partial charge is 0.386 e. The van der Waals surface area contributed by atoms with Crippen LogP contribution >= 0.6 is 23.1 Å². The van der Waals surface area contributed by atoms with E-state index in [1.807, 2.05) is 17.5 Å². The highest BCUT2D eigenvalue weighted by molar-refractivity contribution is 8.01. The monoisotopic (exact) mass is 269 g/mol. The molecule has 1 saturated heterocycles. The van der Waals surface area contributed by atoms with E-state index in [4.69, 9.17) is 0 Å². The second kappa shape index (κ2) is 4.30. The van der Waals surface area contributed by atoms with E-state index >= 15 is 0 Å². The highest BCUT2D eigenvalue weighted by atomic mass is 32.2. The first kappa shape index (κ1) is 11.6. The van der Waals surface area contributed by atoms with Crippen LogP contribution in [0.25, 0.3) is 0 Å². The maximum absolute atomic E-state index is 11.8. The Labute approximate surface area is 109 Å². The topological polar surface area (TPSA) is 40.5 Å². The molecule has 1 saturated carbocycles. The van der Waals surface area contributed by atoms with E-state index in [9.17, 15) is 9.90 Å². The first-order valence-electron chi connectivity index (χ1n) is 5.84. The lowest BCUT2D eigenvalue weighted by Crippen LogP contribution is -2.65. The molecule has 0 aromatic carbocycles. The Hall–Kier alpha value is -0.520. The van der Waals surface area contributed by atoms with Crippen LogP contribution in [0.15, 0.2) is 21.7 Å². The molecule has 0 spiro atoms. The van der Waals surface area contributed by atoms with Crippen LogP contribution in [0.1, 0.15) is 12.8 Å². The van der Waals surface area contributed by atoms with Gasteiger partial charge in [0.2, 0.25) is 5.91 Å². The van der Waals surface area contributed by atoms with Crippen LogP contribution in [0, 0.1) is 5.92 Å². The summed E-state index contributed by atoms with van der Waals surface area (Å²) in [5, 5.41) is 12.1. The van der Waals surface area contributed by atoms with E-state index in [0.29, 0.717) is 24.8 Å². The number of amides is 1. The number of thioether (sulfide) groups is 1. The van der Waals surface area contributed by atoms with Gasteiger partial charge in [-0.15, -0.1) is 23.1 Å². The fraction of sp³-hybridized carbons (Fsp3) is 0.583. The lowest BCUT2D eigenvalue weighted by atomic mass is 9.89. The van der Waals surface area contributed by atoms with Crippen LogP contribution in [-0.2, 0) is 4.79 Å². The molecule has 1 aliphatic carbocycles. The SMILES string of the molecule is O=C(CSc1cccs1)N1CC(O)(C2CC2)C1. The van der Waals surface area contributed by atoms with Crippen LogP contribution in [0.3, 0.4) is 0 Å². The van der Waals surface area contributed by atoms with Gasteiger partial charge in [-0.25, -0.2) is 0 Å². The van der Waals surface area contributed by atoms with Gasteiger partial charge in [0.05, 0.1) is 23.1 Å². The van der Waals surface area contributed by atoms with Crippen LogP contribution in [0.5, 0.6) is 0 Å². The molecule has 0 atom stereocenters. The number of nitrogens with zero attached hydrogens (tertiary/aromatic N) is 1. The van der Waals surface area contributed by atoms with Gasteiger partial charge in [0.1, 0.15) is 5.60 Å². The Balaban J connectivity index is 1.45. The summed E-state index contributed by atoms with van der Waals surface area (Å²) >= 11 is 3.24. The Bertz CT molecular complexity index is 408. The van der Waals surface area contributed by atoms with Crippen molar-refractivity contribution < 1.29 is 9.90 Å². The third-order valence-electron chi connectivity index (χ3n) is 3.45. The highest BCUT2D eigenvalue weighted by Crippen LogP contribution is 2.44. The average Bonchev–Trinajstić information content (AvgIpc) is 3.00. The van der Waals surface area contributed by atoms with E-state index in [-0.39, 0.29) is 5.91 Å². The molecule has 2 heterocycles. The standard InChI is InChI=1S/C12H15NO2S2/c14-10(6-17-11-2-1-5-16-11)13-7-12(15,8-13)9-3-4-9/h1-2,5,9,15H,3-4,6-8H2. The number of likely N-dealkylation sites (tertiary alicyclic amines) is 1. The van der Waals surface area contributed by atoms with E-state index in [2.05, 4.69) is 0 Å². The zero-order valence-corrected chi connectivity index (χ0v) is 11.1. The van der Waals surface area contributed by atoms with Gasteiger partial charge >= 0.3 is 0 Å². The minimum absolute atomic E-state index is 0.147. The average molecular weight is 269 g/mol. The Morgan fingerprint density at radius 2 is 2.35 bits per heavy atom. The maximum Gasteiger partial charge on any atom is 0.233 e. The number of hydrogen-bond acceptors (Lipinski definition) is 4. The number of β-amino-alcohol motifs (C(OH)–C–C–N with tert-alkyl or cyclic N) is 1. The molecule has 3 nitrogen and oxygen atoms in total. The van der Waals surface area contributed by atoms with Gasteiger partial charge in [-0.3, -0.25) is 4.79 Å². The minimum Gasteiger partial charge on any atom is -0.386 e. The minimum atomic E-state index is -0.552. The summed E-state index contributed by atoms with van der Waals surface area (Å²) in [5.74, 6) is 1.09. The highest BCUT2D eigenvalue weighted by Gasteiger charge is 2.53. The van der Waals surface area contributed by atoms with Crippen molar-refractivity contribution >= 4 is 29.0 Å². The first-order chi connectivity index (χ1) is 8.17. The summed E-state index contributed by atoms with van der Waals surface area (Å²) in [7, 11) is 0. The molecule has 3 rings (SSSR count). The summed E-state index contributed by atoms with van der Waals surface area (Å²) in [4.78, 5) is 13.6. The molecule has 17 heavy (non-hydrogen) atoms. The smallest absolute Gasteiger partial charge is 0.233 e. The summed E-state index contributed by atoms with van der Waals surface area (Å²) in [6, 6.07) is 4.02. The molecular weight excluding hydrogens is 254 g/mol. The number of carbonyl (C=O) groups excluding carboxylic acids is 1. The number of hydrogen-bond donors (Lipinski definition) is 1. The van der Waals surface area contributed by atoms with Gasteiger partial charge in [-0.05, 0) is 30.2 Å². The van der Waals surface area contributed by atoms with Crippen molar-refractivity contribution in [2.45, 2.75) is 22.7 Å². The van der Waals surface area contributed by atoms with Gasteiger partial charge in [0, 0.05) is 0 Å². The molecule has 0 unspecified atom stereocenters. The molecule has 1 N–H and O–H groups in total. The molecule has 0 bridgehead atoms. The van der Waals surface area contributed by atoms with Crippen LogP contribution in [-0.4, -0.2) is 40.4 Å². The summed E-state index contributed by atoms with van der Waals surface area (Å²) < 4.78 is 1.18. The second-order valence-electron chi connectivity index (χ2n) is 4.85. The molecule has 1 aromatic heterocycles. The van der Waals surface area contributed by atoms with Gasteiger partial charge in [0.25, 0.3) is 0 Å². The molecule has 92 valence electrons. The van der Waals surface area contributed by atoms with Crippen molar-refractivity contribution in [3.05, 3.63) is 17.5 Å². The number of rotatable bonds is 4. The van der Waals surface area contributed by atoms with Crippen molar-refractivity contribution in [2.75, 3.05) is 18.8 Å². The van der Waals surface area contributed by atoms with Crippen molar-refractivity contribution in [1.29, 1.82) is 0 Å². The zero-order valence-electron chi connectivity index (χ0n) is 9.46. The molecular formula is C12H15NO2S2. The fourth-order valence-electron chi connectivity index (χ4n) is 2.24. The normalized spacial score (nSPS) is 22.3. The number of thiophene rings is 1. The summed E-state index contributed by atoms with van der Waals surface area (Å²) in [5.41, 5.74) is -0.552. The van der Waals surface area contributed by atoms with Crippen LogP contribution in [0.2, 0.25) is 0 Å². The summed E-state index contributed by atoms with van der Waals surface area (Å²) in [6.07, 6.45) is 2.25. The quantitative estimate of drug-likeness (QED) is 0.848. The van der Waals surface area contributed by atoms with E-state index in [1.165, 1.54) is 4.21 Å². The number of carbonyl (C=O) groups is 1. The van der Waals surface area contributed by atoms with Crippen molar-refractivity contribution in [2.24, 2.45) is 5.92 Å². The van der Waals surface area contributed by atoms with Gasteiger partial charge < -0.3 is 10.0 Å². The zero-order chi connectivity index (χ0) is 11.9. The third-order valence-corrected chi connectivity index (χ3v) is 5.57.